The first-order valence-electron chi connectivity index (χ1n) is 6.43. The lowest BCUT2D eigenvalue weighted by Gasteiger charge is -2.18. The van der Waals surface area contributed by atoms with Crippen LogP contribution in [-0.2, 0) is 7.05 Å². The van der Waals surface area contributed by atoms with Crippen LogP contribution in [0.1, 0.15) is 35.5 Å². The number of nitrogens with one attached hydrogen (secondary N) is 1. The SMILES string of the molecule is Cc1cccc(NC(C)c2c(C)nn(C)c2C)c1Br. The number of aromatic nitrogens is 2. The van der Waals surface area contributed by atoms with Crippen molar-refractivity contribution < 1.29 is 0 Å². The maximum absolute atomic E-state index is 4.48. The Labute approximate surface area is 123 Å². The molecule has 2 rings (SSSR count). The van der Waals surface area contributed by atoms with Gasteiger partial charge in [0, 0.05) is 28.5 Å². The van der Waals surface area contributed by atoms with E-state index in [-0.39, 0.29) is 6.04 Å². The fourth-order valence-corrected chi connectivity index (χ4v) is 2.86. The van der Waals surface area contributed by atoms with Crippen molar-refractivity contribution in [1.82, 2.24) is 9.78 Å². The average Bonchev–Trinajstić information content (AvgIpc) is 2.59. The highest BCUT2D eigenvalue weighted by Gasteiger charge is 2.17. The first-order chi connectivity index (χ1) is 8.91. The molecule has 3 nitrogen and oxygen atoms in total. The van der Waals surface area contributed by atoms with Gasteiger partial charge in [-0.2, -0.15) is 5.10 Å². The molecular formula is C15H20BrN3. The Morgan fingerprint density at radius 2 is 1.95 bits per heavy atom. The third-order valence-corrected chi connectivity index (χ3v) is 4.61. The van der Waals surface area contributed by atoms with Crippen LogP contribution < -0.4 is 5.32 Å². The van der Waals surface area contributed by atoms with E-state index in [1.165, 1.54) is 16.8 Å². The number of benzene rings is 1. The van der Waals surface area contributed by atoms with E-state index in [0.717, 1.165) is 15.9 Å². The van der Waals surface area contributed by atoms with Crippen molar-refractivity contribution in [1.29, 1.82) is 0 Å². The molecule has 1 aromatic heterocycles. The standard InChI is InChI=1S/C15H20BrN3/c1-9-7-6-8-13(15(9)16)17-10(2)14-11(3)18-19(5)12(14)4/h6-8,10,17H,1-5H3. The molecule has 19 heavy (non-hydrogen) atoms. The van der Waals surface area contributed by atoms with Crippen LogP contribution in [0.4, 0.5) is 5.69 Å². The normalized spacial score (nSPS) is 12.5. The van der Waals surface area contributed by atoms with Gasteiger partial charge in [0.25, 0.3) is 0 Å². The lowest BCUT2D eigenvalue weighted by Crippen LogP contribution is -2.09. The lowest BCUT2D eigenvalue weighted by atomic mass is 10.1. The number of anilines is 1. The van der Waals surface area contributed by atoms with Crippen LogP contribution in [0.3, 0.4) is 0 Å². The highest BCUT2D eigenvalue weighted by molar-refractivity contribution is 9.10. The fourth-order valence-electron chi connectivity index (χ4n) is 2.48. The third kappa shape index (κ3) is 2.68. The van der Waals surface area contributed by atoms with Crippen molar-refractivity contribution in [3.8, 4) is 0 Å². The Kier molecular flexibility index (Phi) is 3.99. The largest absolute Gasteiger partial charge is 0.377 e. The van der Waals surface area contributed by atoms with Gasteiger partial charge in [-0.25, -0.2) is 0 Å². The maximum atomic E-state index is 4.48. The van der Waals surface area contributed by atoms with E-state index in [0.29, 0.717) is 0 Å². The zero-order valence-electron chi connectivity index (χ0n) is 12.1. The molecule has 0 saturated carbocycles. The Morgan fingerprint density at radius 1 is 1.26 bits per heavy atom. The molecule has 1 N–H and O–H groups in total. The highest BCUT2D eigenvalue weighted by atomic mass is 79.9. The second-order valence-corrected chi connectivity index (χ2v) is 5.80. The van der Waals surface area contributed by atoms with Crippen LogP contribution >= 0.6 is 15.9 Å². The fraction of sp³-hybridized carbons (Fsp3) is 0.400. The Bertz CT molecular complexity index is 602. The maximum Gasteiger partial charge on any atom is 0.0649 e. The van der Waals surface area contributed by atoms with Crippen molar-refractivity contribution in [2.75, 3.05) is 5.32 Å². The second-order valence-electron chi connectivity index (χ2n) is 5.01. The van der Waals surface area contributed by atoms with Crippen LogP contribution in [0.25, 0.3) is 0 Å². The van der Waals surface area contributed by atoms with E-state index in [9.17, 15) is 0 Å². The van der Waals surface area contributed by atoms with Crippen molar-refractivity contribution in [2.45, 2.75) is 33.7 Å². The molecular weight excluding hydrogens is 302 g/mol. The Hall–Kier alpha value is -1.29. The van der Waals surface area contributed by atoms with E-state index in [1.54, 1.807) is 0 Å². The zero-order chi connectivity index (χ0) is 14.2. The van der Waals surface area contributed by atoms with Gasteiger partial charge in [-0.05, 0) is 55.3 Å². The second kappa shape index (κ2) is 5.37. The quantitative estimate of drug-likeness (QED) is 0.914. The first-order valence-corrected chi connectivity index (χ1v) is 7.23. The summed E-state index contributed by atoms with van der Waals surface area (Å²) in [7, 11) is 1.99. The number of rotatable bonds is 3. The number of nitrogens with zero attached hydrogens (tertiary/aromatic N) is 2. The minimum absolute atomic E-state index is 0.229. The van der Waals surface area contributed by atoms with Gasteiger partial charge in [0.05, 0.1) is 11.7 Å². The van der Waals surface area contributed by atoms with Gasteiger partial charge < -0.3 is 5.32 Å². The zero-order valence-corrected chi connectivity index (χ0v) is 13.7. The van der Waals surface area contributed by atoms with E-state index < -0.39 is 0 Å². The smallest absolute Gasteiger partial charge is 0.0649 e. The highest BCUT2D eigenvalue weighted by Crippen LogP contribution is 2.30. The van der Waals surface area contributed by atoms with Gasteiger partial charge >= 0.3 is 0 Å². The third-order valence-electron chi connectivity index (χ3n) is 3.56. The monoisotopic (exact) mass is 321 g/mol. The summed E-state index contributed by atoms with van der Waals surface area (Å²) in [5.74, 6) is 0. The molecule has 1 heterocycles. The van der Waals surface area contributed by atoms with Crippen molar-refractivity contribution in [3.63, 3.8) is 0 Å². The molecule has 0 spiro atoms. The molecule has 0 saturated heterocycles. The molecule has 4 heteroatoms. The van der Waals surface area contributed by atoms with Crippen LogP contribution in [0.5, 0.6) is 0 Å². The van der Waals surface area contributed by atoms with Crippen LogP contribution in [0, 0.1) is 20.8 Å². The number of aryl methyl sites for hydroxylation is 3. The summed E-state index contributed by atoms with van der Waals surface area (Å²) < 4.78 is 3.06. The molecule has 0 amide bonds. The number of halogens is 1. The molecule has 0 bridgehead atoms. The molecule has 0 fully saturated rings. The van der Waals surface area contributed by atoms with Gasteiger partial charge in [-0.15, -0.1) is 0 Å². The van der Waals surface area contributed by atoms with E-state index >= 15 is 0 Å². The molecule has 1 atom stereocenters. The molecule has 102 valence electrons. The summed E-state index contributed by atoms with van der Waals surface area (Å²) in [6.07, 6.45) is 0. The van der Waals surface area contributed by atoms with Crippen LogP contribution in [-0.4, -0.2) is 9.78 Å². The average molecular weight is 322 g/mol. The van der Waals surface area contributed by atoms with Gasteiger partial charge in [0.1, 0.15) is 0 Å². The first kappa shape index (κ1) is 14.1. The van der Waals surface area contributed by atoms with Gasteiger partial charge in [-0.3, -0.25) is 4.68 Å². The summed E-state index contributed by atoms with van der Waals surface area (Å²) in [6, 6.07) is 6.49. The Balaban J connectivity index is 2.31. The van der Waals surface area contributed by atoms with E-state index in [2.05, 4.69) is 72.2 Å². The number of hydrogen-bond acceptors (Lipinski definition) is 2. The minimum Gasteiger partial charge on any atom is -0.377 e. The summed E-state index contributed by atoms with van der Waals surface area (Å²) in [6.45, 7) is 8.44. The summed E-state index contributed by atoms with van der Waals surface area (Å²) in [4.78, 5) is 0. The molecule has 0 radical (unpaired) electrons. The van der Waals surface area contributed by atoms with Gasteiger partial charge in [0.2, 0.25) is 0 Å². The molecule has 1 aromatic carbocycles. The van der Waals surface area contributed by atoms with E-state index in [1.807, 2.05) is 11.7 Å². The van der Waals surface area contributed by atoms with E-state index in [4.69, 9.17) is 0 Å². The lowest BCUT2D eigenvalue weighted by molar-refractivity contribution is 0.728. The number of hydrogen-bond donors (Lipinski definition) is 1. The topological polar surface area (TPSA) is 29.9 Å². The predicted molar refractivity (Wildman–Crippen MR) is 83.6 cm³/mol. The molecule has 2 aromatic rings. The van der Waals surface area contributed by atoms with Gasteiger partial charge in [0.15, 0.2) is 0 Å². The van der Waals surface area contributed by atoms with Crippen molar-refractivity contribution in [3.05, 3.63) is 45.2 Å². The van der Waals surface area contributed by atoms with Crippen molar-refractivity contribution in [2.24, 2.45) is 7.05 Å². The molecule has 0 aliphatic heterocycles. The van der Waals surface area contributed by atoms with Gasteiger partial charge in [-0.1, -0.05) is 12.1 Å². The van der Waals surface area contributed by atoms with Crippen LogP contribution in [0.2, 0.25) is 0 Å². The Morgan fingerprint density at radius 3 is 2.53 bits per heavy atom. The molecule has 0 aliphatic carbocycles. The van der Waals surface area contributed by atoms with Crippen molar-refractivity contribution >= 4 is 21.6 Å². The molecule has 1 unspecified atom stereocenters. The minimum atomic E-state index is 0.229. The predicted octanol–water partition coefficient (Wildman–Crippen LogP) is 4.28. The summed E-state index contributed by atoms with van der Waals surface area (Å²) in [5, 5.41) is 8.04. The molecule has 0 aliphatic rings. The summed E-state index contributed by atoms with van der Waals surface area (Å²) >= 11 is 3.64. The summed E-state index contributed by atoms with van der Waals surface area (Å²) in [5.41, 5.74) is 5.92. The van der Waals surface area contributed by atoms with Crippen LogP contribution in [0.15, 0.2) is 22.7 Å².